The Morgan fingerprint density at radius 1 is 0.778 bits per heavy atom. The van der Waals surface area contributed by atoms with Crippen LogP contribution in [0.5, 0.6) is 0 Å². The quantitative estimate of drug-likeness (QED) is 0.247. The molecule has 0 saturated heterocycles. The lowest BCUT2D eigenvalue weighted by molar-refractivity contribution is -0.660. The zero-order valence-corrected chi connectivity index (χ0v) is 20.3. The summed E-state index contributed by atoms with van der Waals surface area (Å²) in [6.07, 6.45) is 0.533. The lowest BCUT2D eigenvalue weighted by Crippen LogP contribution is -2.30. The molecule has 3 nitrogen and oxygen atoms in total. The second-order valence-corrected chi connectivity index (χ2v) is 9.41. The summed E-state index contributed by atoms with van der Waals surface area (Å²) in [5.41, 5.74) is 9.35. The fourth-order valence-corrected chi connectivity index (χ4v) is 5.53. The number of hydrogen-bond donors (Lipinski definition) is 0. The third-order valence-electron chi connectivity index (χ3n) is 7.29. The molecule has 3 heterocycles. The van der Waals surface area contributed by atoms with Gasteiger partial charge in [-0.25, -0.2) is 4.57 Å². The number of hydrogen-bond acceptors (Lipinski definition) is 2. The maximum Gasteiger partial charge on any atom is 0.216 e. The number of fused-ring (bicyclic) bond motifs is 4. The Kier molecular flexibility index (Phi) is 4.25. The van der Waals surface area contributed by atoms with Gasteiger partial charge in [-0.05, 0) is 54.3 Å². The standard InChI is InChI=1S/C33H27N2O/c1-22-17-18-28-27-14-8-13-26(32(27)36-33(28)31(22)30-15-6-7-20-34(30)2)24-12-9-16-29-25(24)19-21-35(29)23-10-4-3-5-11-23/h3-18,20H,19,21H2,1-2H3/q+1/i19D2. The van der Waals surface area contributed by atoms with E-state index in [4.69, 9.17) is 7.16 Å². The second-order valence-electron chi connectivity index (χ2n) is 9.41. The van der Waals surface area contributed by atoms with Crippen molar-refractivity contribution in [1.29, 1.82) is 0 Å². The fourth-order valence-electron chi connectivity index (χ4n) is 5.53. The van der Waals surface area contributed by atoms with Gasteiger partial charge in [-0.15, -0.1) is 0 Å². The van der Waals surface area contributed by atoms with E-state index in [1.807, 2.05) is 60.7 Å². The third kappa shape index (κ3) is 3.09. The van der Waals surface area contributed by atoms with Crippen LogP contribution in [0.1, 0.15) is 13.9 Å². The first-order chi connectivity index (χ1) is 18.4. The zero-order valence-electron chi connectivity index (χ0n) is 22.3. The van der Waals surface area contributed by atoms with Crippen molar-refractivity contribution in [2.75, 3.05) is 11.4 Å². The predicted molar refractivity (Wildman–Crippen MR) is 148 cm³/mol. The highest BCUT2D eigenvalue weighted by molar-refractivity contribution is 6.13. The molecule has 0 saturated carbocycles. The molecule has 0 radical (unpaired) electrons. The van der Waals surface area contributed by atoms with E-state index in [0.717, 1.165) is 61.3 Å². The largest absolute Gasteiger partial charge is 0.454 e. The molecule has 1 aliphatic rings. The molecule has 0 atom stereocenters. The van der Waals surface area contributed by atoms with Crippen LogP contribution in [0, 0.1) is 6.92 Å². The first-order valence-electron chi connectivity index (χ1n) is 13.3. The van der Waals surface area contributed by atoms with Gasteiger partial charge in [0.2, 0.25) is 5.69 Å². The monoisotopic (exact) mass is 469 g/mol. The topological polar surface area (TPSA) is 20.3 Å². The molecule has 0 N–H and O–H groups in total. The summed E-state index contributed by atoms with van der Waals surface area (Å²) in [4.78, 5) is 2.08. The van der Waals surface area contributed by atoms with Crippen molar-refractivity contribution in [3.8, 4) is 22.4 Å². The molecule has 3 heteroatoms. The highest BCUT2D eigenvalue weighted by Crippen LogP contribution is 2.44. The SMILES string of the molecule is [2H]C1([2H])CN(c2ccccc2)c2cccc(-c3cccc4c3oc3c(-c5cccc[n+]5C)c(C)ccc34)c21. The van der Waals surface area contributed by atoms with Gasteiger partial charge >= 0.3 is 0 Å². The van der Waals surface area contributed by atoms with E-state index in [1.165, 1.54) is 0 Å². The molecule has 174 valence electrons. The van der Waals surface area contributed by atoms with Crippen molar-refractivity contribution in [3.63, 3.8) is 0 Å². The third-order valence-corrected chi connectivity index (χ3v) is 7.29. The Morgan fingerprint density at radius 3 is 2.42 bits per heavy atom. The van der Waals surface area contributed by atoms with Crippen LogP contribution in [-0.2, 0) is 13.4 Å². The summed E-state index contributed by atoms with van der Waals surface area (Å²) in [5.74, 6) is 0. The molecule has 36 heavy (non-hydrogen) atoms. The molecule has 0 fully saturated rings. The Hall–Kier alpha value is -4.37. The number of aromatic nitrogens is 1. The predicted octanol–water partition coefficient (Wildman–Crippen LogP) is 7.75. The highest BCUT2D eigenvalue weighted by atomic mass is 16.3. The van der Waals surface area contributed by atoms with E-state index in [-0.39, 0.29) is 6.54 Å². The summed E-state index contributed by atoms with van der Waals surface area (Å²) in [6, 6.07) is 32.8. The van der Waals surface area contributed by atoms with E-state index in [0.29, 0.717) is 5.56 Å². The molecule has 4 aromatic carbocycles. The van der Waals surface area contributed by atoms with E-state index in [2.05, 4.69) is 66.0 Å². The van der Waals surface area contributed by atoms with Gasteiger partial charge in [0.05, 0.1) is 5.56 Å². The van der Waals surface area contributed by atoms with Crippen molar-refractivity contribution in [2.24, 2.45) is 7.05 Å². The van der Waals surface area contributed by atoms with E-state index in [1.54, 1.807) is 0 Å². The van der Waals surface area contributed by atoms with Crippen LogP contribution in [0.4, 0.5) is 11.4 Å². The van der Waals surface area contributed by atoms with Crippen LogP contribution < -0.4 is 9.47 Å². The number of benzene rings is 4. The van der Waals surface area contributed by atoms with E-state index < -0.39 is 6.37 Å². The van der Waals surface area contributed by atoms with Gasteiger partial charge in [0.1, 0.15) is 18.2 Å². The fraction of sp³-hybridized carbons (Fsp3) is 0.121. The summed E-state index contributed by atoms with van der Waals surface area (Å²) in [7, 11) is 2.05. The Bertz CT molecular complexity index is 1860. The van der Waals surface area contributed by atoms with Gasteiger partial charge in [-0.1, -0.05) is 60.7 Å². The summed E-state index contributed by atoms with van der Waals surface area (Å²) < 4.78 is 27.0. The maximum atomic E-state index is 9.04. The van der Waals surface area contributed by atoms with Crippen LogP contribution in [0.2, 0.25) is 0 Å². The number of furan rings is 1. The number of rotatable bonds is 3. The molecule has 1 aliphatic heterocycles. The molecule has 7 rings (SSSR count). The van der Waals surface area contributed by atoms with Crippen LogP contribution in [-0.4, -0.2) is 6.54 Å². The molecule has 0 unspecified atom stereocenters. The average Bonchev–Trinajstić information content (AvgIpc) is 3.44. The minimum Gasteiger partial charge on any atom is -0.454 e. The van der Waals surface area contributed by atoms with Crippen molar-refractivity contribution < 1.29 is 11.7 Å². The maximum absolute atomic E-state index is 9.04. The minimum absolute atomic E-state index is 0.271. The molecule has 0 amide bonds. The Morgan fingerprint density at radius 2 is 1.56 bits per heavy atom. The first kappa shape index (κ1) is 18.9. The normalized spacial score (nSPS) is 15.2. The molecular formula is C33H27N2O+. The van der Waals surface area contributed by atoms with Crippen LogP contribution in [0.25, 0.3) is 44.3 Å². The zero-order chi connectivity index (χ0) is 26.0. The van der Waals surface area contributed by atoms with E-state index >= 15 is 0 Å². The molecule has 0 aliphatic carbocycles. The lowest BCUT2D eigenvalue weighted by atomic mass is 9.95. The molecule has 6 aromatic rings. The number of nitrogens with zero attached hydrogens (tertiary/aromatic N) is 2. The van der Waals surface area contributed by atoms with Crippen molar-refractivity contribution >= 4 is 33.3 Å². The summed E-state index contributed by atoms with van der Waals surface area (Å²) in [6.45, 7) is 2.39. The van der Waals surface area contributed by atoms with Crippen LogP contribution >= 0.6 is 0 Å². The van der Waals surface area contributed by atoms with E-state index in [9.17, 15) is 0 Å². The van der Waals surface area contributed by atoms with Gasteiger partial charge < -0.3 is 9.32 Å². The summed E-state index contributed by atoms with van der Waals surface area (Å²) >= 11 is 0. The van der Waals surface area contributed by atoms with Gasteiger partial charge in [0.25, 0.3) is 0 Å². The van der Waals surface area contributed by atoms with Gasteiger partial charge in [-0.3, -0.25) is 0 Å². The molecule has 2 aromatic heterocycles. The number of para-hydroxylation sites is 2. The Labute approximate surface area is 213 Å². The second kappa shape index (κ2) is 8.10. The van der Waals surface area contributed by atoms with Crippen LogP contribution in [0.15, 0.2) is 108 Å². The summed E-state index contributed by atoms with van der Waals surface area (Å²) in [5, 5.41) is 2.10. The Balaban J connectivity index is 1.50. The van der Waals surface area contributed by atoms with Gasteiger partial charge in [0, 0.05) is 49.1 Å². The van der Waals surface area contributed by atoms with Gasteiger partial charge in [-0.2, -0.15) is 0 Å². The van der Waals surface area contributed by atoms with Crippen LogP contribution in [0.3, 0.4) is 0 Å². The molecule has 0 bridgehead atoms. The van der Waals surface area contributed by atoms with Crippen molar-refractivity contribution in [2.45, 2.75) is 13.3 Å². The number of anilines is 2. The average molecular weight is 470 g/mol. The van der Waals surface area contributed by atoms with Crippen molar-refractivity contribution in [1.82, 2.24) is 0 Å². The minimum atomic E-state index is -1.52. The first-order valence-corrected chi connectivity index (χ1v) is 12.3. The molecular weight excluding hydrogens is 440 g/mol. The lowest BCUT2D eigenvalue weighted by Gasteiger charge is -2.20. The highest BCUT2D eigenvalue weighted by Gasteiger charge is 2.26. The number of pyridine rings is 1. The molecule has 0 spiro atoms. The van der Waals surface area contributed by atoms with Crippen molar-refractivity contribution in [3.05, 3.63) is 114 Å². The smallest absolute Gasteiger partial charge is 0.216 e. The van der Waals surface area contributed by atoms with Gasteiger partial charge in [0.15, 0.2) is 6.20 Å². The number of aryl methyl sites for hydroxylation is 2.